The Balaban J connectivity index is 1.89. The zero-order valence-corrected chi connectivity index (χ0v) is 14.7. The molecule has 0 bridgehead atoms. The van der Waals surface area contributed by atoms with Gasteiger partial charge in [0.15, 0.2) is 5.11 Å². The third kappa shape index (κ3) is 3.51. The van der Waals surface area contributed by atoms with Crippen LogP contribution in [-0.4, -0.2) is 11.0 Å². The van der Waals surface area contributed by atoms with Gasteiger partial charge in [-0.1, -0.05) is 65.7 Å². The summed E-state index contributed by atoms with van der Waals surface area (Å²) in [6.45, 7) is 0. The molecule has 1 heterocycles. The molecule has 6 heteroatoms. The maximum absolute atomic E-state index is 12.6. The van der Waals surface area contributed by atoms with Crippen LogP contribution in [0.5, 0.6) is 0 Å². The maximum atomic E-state index is 12.6. The standard InChI is InChI=1S/C18H12Cl2N2OS/c19-13(10-12-6-2-1-3-7-12)11-15-17(23)22(18(24)21-15)16-9-5-4-8-14(16)20/h1-11H,(H,21,24)/b13-10-,15-11-. The molecular formula is C18H12Cl2N2OS. The molecule has 3 rings (SSSR count). The average molecular weight is 375 g/mol. The largest absolute Gasteiger partial charge is 0.327 e. The summed E-state index contributed by atoms with van der Waals surface area (Å²) in [6, 6.07) is 16.6. The predicted octanol–water partition coefficient (Wildman–Crippen LogP) is 4.72. The molecule has 1 amide bonds. The Bertz CT molecular complexity index is 862. The van der Waals surface area contributed by atoms with Gasteiger partial charge >= 0.3 is 0 Å². The van der Waals surface area contributed by atoms with Crippen molar-refractivity contribution in [2.75, 3.05) is 4.90 Å². The van der Waals surface area contributed by atoms with E-state index in [2.05, 4.69) is 5.32 Å². The van der Waals surface area contributed by atoms with Crippen molar-refractivity contribution < 1.29 is 4.79 Å². The zero-order valence-electron chi connectivity index (χ0n) is 12.4. The second-order valence-corrected chi connectivity index (χ2v) is 6.25. The number of nitrogens with zero attached hydrogens (tertiary/aromatic N) is 1. The minimum absolute atomic E-state index is 0.267. The lowest BCUT2D eigenvalue weighted by atomic mass is 10.2. The molecule has 0 aliphatic carbocycles. The van der Waals surface area contributed by atoms with E-state index in [1.807, 2.05) is 30.3 Å². The molecule has 0 saturated carbocycles. The van der Waals surface area contributed by atoms with Crippen molar-refractivity contribution in [2.45, 2.75) is 0 Å². The number of carbonyl (C=O) groups excluding carboxylic acids is 1. The number of halogens is 2. The highest BCUT2D eigenvalue weighted by atomic mass is 35.5. The number of para-hydroxylation sites is 1. The third-order valence-electron chi connectivity index (χ3n) is 3.36. The van der Waals surface area contributed by atoms with Crippen LogP contribution in [0.1, 0.15) is 5.56 Å². The van der Waals surface area contributed by atoms with Crippen molar-refractivity contribution in [2.24, 2.45) is 0 Å². The van der Waals surface area contributed by atoms with E-state index >= 15 is 0 Å². The van der Waals surface area contributed by atoms with Gasteiger partial charge in [-0.3, -0.25) is 9.69 Å². The molecule has 120 valence electrons. The van der Waals surface area contributed by atoms with Crippen LogP contribution in [0.3, 0.4) is 0 Å². The quantitative estimate of drug-likeness (QED) is 0.622. The Morgan fingerprint density at radius 1 is 1.08 bits per heavy atom. The molecule has 0 unspecified atom stereocenters. The smallest absolute Gasteiger partial charge is 0.281 e. The highest BCUT2D eigenvalue weighted by Crippen LogP contribution is 2.29. The molecule has 24 heavy (non-hydrogen) atoms. The summed E-state index contributed by atoms with van der Waals surface area (Å²) in [5.41, 5.74) is 1.78. The van der Waals surface area contributed by atoms with Gasteiger partial charge in [-0.25, -0.2) is 0 Å². The fraction of sp³-hybridized carbons (Fsp3) is 0. The zero-order chi connectivity index (χ0) is 17.1. The van der Waals surface area contributed by atoms with E-state index in [-0.39, 0.29) is 11.0 Å². The first-order valence-corrected chi connectivity index (χ1v) is 8.26. The summed E-state index contributed by atoms with van der Waals surface area (Å²) in [5.74, 6) is -0.298. The molecule has 0 aromatic heterocycles. The van der Waals surface area contributed by atoms with Gasteiger partial charge in [0, 0.05) is 5.03 Å². The van der Waals surface area contributed by atoms with Crippen molar-refractivity contribution in [1.29, 1.82) is 0 Å². The Labute approximate surface area is 155 Å². The topological polar surface area (TPSA) is 32.3 Å². The van der Waals surface area contributed by atoms with Gasteiger partial charge in [-0.15, -0.1) is 0 Å². The van der Waals surface area contributed by atoms with Crippen molar-refractivity contribution in [1.82, 2.24) is 5.32 Å². The summed E-state index contributed by atoms with van der Waals surface area (Å²) in [6.07, 6.45) is 3.32. The van der Waals surface area contributed by atoms with Crippen LogP contribution in [-0.2, 0) is 4.79 Å². The minimum atomic E-state index is -0.298. The van der Waals surface area contributed by atoms with Crippen LogP contribution in [0.4, 0.5) is 5.69 Å². The van der Waals surface area contributed by atoms with Gasteiger partial charge in [0.2, 0.25) is 0 Å². The van der Waals surface area contributed by atoms with Crippen molar-refractivity contribution in [3.8, 4) is 0 Å². The van der Waals surface area contributed by atoms with Gasteiger partial charge in [0.1, 0.15) is 5.70 Å². The average Bonchev–Trinajstić information content (AvgIpc) is 2.83. The van der Waals surface area contributed by atoms with E-state index in [1.165, 1.54) is 4.90 Å². The summed E-state index contributed by atoms with van der Waals surface area (Å²) < 4.78 is 0. The van der Waals surface area contributed by atoms with Crippen LogP contribution in [0.25, 0.3) is 6.08 Å². The van der Waals surface area contributed by atoms with Crippen molar-refractivity contribution in [3.05, 3.63) is 82.0 Å². The molecule has 1 aliphatic rings. The number of thiocarbonyl (C=S) groups is 1. The molecule has 1 aliphatic heterocycles. The maximum Gasteiger partial charge on any atom is 0.281 e. The summed E-state index contributed by atoms with van der Waals surface area (Å²) in [4.78, 5) is 14.0. The van der Waals surface area contributed by atoms with E-state index in [1.54, 1.807) is 36.4 Å². The van der Waals surface area contributed by atoms with E-state index < -0.39 is 0 Å². The van der Waals surface area contributed by atoms with Gasteiger partial charge in [0.05, 0.1) is 10.7 Å². The lowest BCUT2D eigenvalue weighted by Gasteiger charge is -2.15. The first-order chi connectivity index (χ1) is 11.6. The van der Waals surface area contributed by atoms with Crippen LogP contribution in [0.2, 0.25) is 5.02 Å². The van der Waals surface area contributed by atoms with E-state index in [9.17, 15) is 4.79 Å². The molecule has 1 fully saturated rings. The number of anilines is 1. The molecular weight excluding hydrogens is 363 g/mol. The third-order valence-corrected chi connectivity index (χ3v) is 4.18. The first kappa shape index (κ1) is 16.7. The number of hydrogen-bond donors (Lipinski definition) is 1. The minimum Gasteiger partial charge on any atom is -0.327 e. The van der Waals surface area contributed by atoms with Gasteiger partial charge in [-0.05, 0) is 42.1 Å². The highest BCUT2D eigenvalue weighted by molar-refractivity contribution is 7.80. The number of rotatable bonds is 3. The second-order valence-electron chi connectivity index (χ2n) is 5.02. The number of carbonyl (C=O) groups is 1. The SMILES string of the molecule is O=C1/C(=C/C(Cl)=C/c2ccccc2)NC(=S)N1c1ccccc1Cl. The molecule has 1 saturated heterocycles. The summed E-state index contributed by atoms with van der Waals surface area (Å²) in [5, 5.41) is 4.01. The molecule has 0 spiro atoms. The molecule has 1 N–H and O–H groups in total. The van der Waals surface area contributed by atoms with Gasteiger partial charge in [-0.2, -0.15) is 0 Å². The normalized spacial score (nSPS) is 16.7. The lowest BCUT2D eigenvalue weighted by molar-refractivity contribution is -0.113. The van der Waals surface area contributed by atoms with E-state index in [0.717, 1.165) is 5.56 Å². The van der Waals surface area contributed by atoms with Crippen LogP contribution in [0.15, 0.2) is 71.4 Å². The molecule has 2 aromatic carbocycles. The monoisotopic (exact) mass is 374 g/mol. The number of allylic oxidation sites excluding steroid dienone is 2. The molecule has 0 atom stereocenters. The summed E-state index contributed by atoms with van der Waals surface area (Å²) in [7, 11) is 0. The molecule has 0 radical (unpaired) electrons. The number of benzene rings is 2. The van der Waals surface area contributed by atoms with Gasteiger partial charge < -0.3 is 5.32 Å². The fourth-order valence-corrected chi connectivity index (χ4v) is 3.02. The van der Waals surface area contributed by atoms with E-state index in [4.69, 9.17) is 35.4 Å². The van der Waals surface area contributed by atoms with Crippen LogP contribution < -0.4 is 10.2 Å². The predicted molar refractivity (Wildman–Crippen MR) is 103 cm³/mol. The highest BCUT2D eigenvalue weighted by Gasteiger charge is 2.33. The van der Waals surface area contributed by atoms with Crippen molar-refractivity contribution in [3.63, 3.8) is 0 Å². The summed E-state index contributed by atoms with van der Waals surface area (Å²) >= 11 is 17.6. The number of hydrogen-bond acceptors (Lipinski definition) is 2. The Morgan fingerprint density at radius 2 is 1.75 bits per heavy atom. The fourth-order valence-electron chi connectivity index (χ4n) is 2.27. The first-order valence-electron chi connectivity index (χ1n) is 7.10. The number of amides is 1. The van der Waals surface area contributed by atoms with Crippen LogP contribution in [0, 0.1) is 0 Å². The van der Waals surface area contributed by atoms with Crippen LogP contribution >= 0.6 is 35.4 Å². The van der Waals surface area contributed by atoms with Crippen molar-refractivity contribution >= 4 is 58.2 Å². The molecule has 2 aromatic rings. The Hall–Kier alpha value is -2.14. The number of nitrogens with one attached hydrogen (secondary N) is 1. The molecule has 3 nitrogen and oxygen atoms in total. The Morgan fingerprint density at radius 3 is 2.46 bits per heavy atom. The second kappa shape index (κ2) is 7.18. The Kier molecular flexibility index (Phi) is 5.00. The lowest BCUT2D eigenvalue weighted by Crippen LogP contribution is -2.30. The van der Waals surface area contributed by atoms with E-state index in [0.29, 0.717) is 21.4 Å². The van der Waals surface area contributed by atoms with Gasteiger partial charge in [0.25, 0.3) is 5.91 Å².